The number of aliphatic imine (C=N–C) groups is 1. The van der Waals surface area contributed by atoms with Gasteiger partial charge in [-0.05, 0) is 105 Å². The molecule has 11 heteroatoms. The van der Waals surface area contributed by atoms with E-state index in [9.17, 15) is 4.79 Å². The minimum atomic E-state index is -0.515. The van der Waals surface area contributed by atoms with E-state index < -0.39 is 11.5 Å². The number of fused-ring (bicyclic) bond motifs is 1. The number of pyridine rings is 1. The number of aromatic nitrogens is 4. The average molecular weight is 699 g/mol. The van der Waals surface area contributed by atoms with Crippen LogP contribution in [0, 0.1) is 5.82 Å². The lowest BCUT2D eigenvalue weighted by molar-refractivity contribution is 0.187. The van der Waals surface area contributed by atoms with Gasteiger partial charge in [-0.15, -0.1) is 0 Å². The molecule has 0 spiro atoms. The number of aryl methyl sites for hydroxylation is 1. The van der Waals surface area contributed by atoms with Crippen LogP contribution < -0.4 is 17.2 Å². The largest absolute Gasteiger partial charge is 0.388 e. The van der Waals surface area contributed by atoms with Gasteiger partial charge in [-0.25, -0.2) is 9.18 Å². The molecule has 0 radical (unpaired) electrons. The van der Waals surface area contributed by atoms with E-state index in [1.807, 2.05) is 38.2 Å². The second kappa shape index (κ2) is 17.5. The van der Waals surface area contributed by atoms with E-state index in [0.717, 1.165) is 63.6 Å². The number of hydrogen-bond donors (Lipinski definition) is 3. The zero-order valence-electron chi connectivity index (χ0n) is 29.2. The summed E-state index contributed by atoms with van der Waals surface area (Å²) in [4.78, 5) is 31.9. The first-order valence-electron chi connectivity index (χ1n) is 17.5. The summed E-state index contributed by atoms with van der Waals surface area (Å²) in [6, 6.07) is 17.8. The first-order chi connectivity index (χ1) is 24.1. The molecule has 0 bridgehead atoms. The smallest absolute Gasteiger partial charge is 0.354 e. The number of rotatable bonds is 17. The van der Waals surface area contributed by atoms with Gasteiger partial charge in [-0.1, -0.05) is 43.1 Å². The molecule has 5 N–H and O–H groups in total. The fourth-order valence-corrected chi connectivity index (χ4v) is 6.64. The van der Waals surface area contributed by atoms with Gasteiger partial charge in [0.25, 0.3) is 0 Å². The number of amidine groups is 1. The number of H-pyrrole nitrogens is 1. The van der Waals surface area contributed by atoms with E-state index in [0.29, 0.717) is 40.4 Å². The summed E-state index contributed by atoms with van der Waals surface area (Å²) in [5, 5.41) is 0.739. The fraction of sp³-hybridized carbons (Fsp3) is 0.385. The topological polar surface area (TPSA) is 131 Å². The predicted molar refractivity (Wildman–Crippen MR) is 203 cm³/mol. The molecule has 5 aromatic rings. The Labute approximate surface area is 298 Å². The first-order valence-corrected chi connectivity index (χ1v) is 17.9. The van der Waals surface area contributed by atoms with E-state index in [1.54, 1.807) is 30.6 Å². The maximum atomic E-state index is 15.3. The van der Waals surface area contributed by atoms with Crippen LogP contribution in [0.1, 0.15) is 75.6 Å². The molecule has 264 valence electrons. The standard InChI is InChI=1S/C39H48ClFN8O/c1-4-8-36(48(19-7-18-45-27(3)43)20-16-28-11-6-17-44-24-28)30-12-14-32(15-13-30)49-25-31-23-35(46-38(31)47-39(49)50)33-21-29(10-5-9-26(2)42)22-34(40)37(33)41/h6,11-15,17,21-26,36H,4-5,7-10,16,18-20,42H2,1-3H3,(H2,43,45)(H,46,47,50). The lowest BCUT2D eigenvalue weighted by Crippen LogP contribution is -2.32. The Bertz CT molecular complexity index is 1930. The van der Waals surface area contributed by atoms with Crippen molar-refractivity contribution in [2.24, 2.45) is 16.5 Å². The van der Waals surface area contributed by atoms with Crippen molar-refractivity contribution in [3.63, 3.8) is 0 Å². The van der Waals surface area contributed by atoms with Crippen molar-refractivity contribution in [3.8, 4) is 16.9 Å². The van der Waals surface area contributed by atoms with Gasteiger partial charge in [-0.2, -0.15) is 4.98 Å². The van der Waals surface area contributed by atoms with Crippen LogP contribution in [0.15, 0.2) is 83.0 Å². The molecule has 0 aliphatic rings. The number of nitrogens with one attached hydrogen (secondary N) is 1. The van der Waals surface area contributed by atoms with Crippen LogP contribution in [0.3, 0.4) is 0 Å². The van der Waals surface area contributed by atoms with Gasteiger partial charge < -0.3 is 16.5 Å². The Kier molecular flexibility index (Phi) is 12.9. The molecule has 0 aliphatic carbocycles. The van der Waals surface area contributed by atoms with Crippen molar-refractivity contribution in [2.75, 3.05) is 19.6 Å². The highest BCUT2D eigenvalue weighted by molar-refractivity contribution is 6.31. The zero-order chi connectivity index (χ0) is 35.6. The third kappa shape index (κ3) is 9.65. The number of nitrogens with zero attached hydrogens (tertiary/aromatic N) is 5. The van der Waals surface area contributed by atoms with E-state index >= 15 is 4.39 Å². The predicted octanol–water partition coefficient (Wildman–Crippen LogP) is 7.39. The van der Waals surface area contributed by atoms with Crippen molar-refractivity contribution < 1.29 is 4.39 Å². The van der Waals surface area contributed by atoms with E-state index in [4.69, 9.17) is 23.1 Å². The number of aromatic amines is 1. The van der Waals surface area contributed by atoms with E-state index in [2.05, 4.69) is 50.0 Å². The lowest BCUT2D eigenvalue weighted by atomic mass is 9.99. The van der Waals surface area contributed by atoms with Crippen molar-refractivity contribution >= 4 is 28.5 Å². The zero-order valence-corrected chi connectivity index (χ0v) is 30.0. The van der Waals surface area contributed by atoms with Gasteiger partial charge in [0.05, 0.1) is 22.2 Å². The highest BCUT2D eigenvalue weighted by Crippen LogP contribution is 2.32. The molecule has 0 aliphatic heterocycles. The Hall–Kier alpha value is -4.38. The molecule has 9 nitrogen and oxygen atoms in total. The molecule has 0 saturated heterocycles. The number of hydrogen-bond acceptors (Lipinski definition) is 6. The average Bonchev–Trinajstić information content (AvgIpc) is 3.51. The van der Waals surface area contributed by atoms with Crippen LogP contribution in [0.2, 0.25) is 5.02 Å². The van der Waals surface area contributed by atoms with Crippen molar-refractivity contribution in [3.05, 3.63) is 111 Å². The number of nitrogens with two attached hydrogens (primary N) is 2. The van der Waals surface area contributed by atoms with Gasteiger partial charge in [0.15, 0.2) is 5.82 Å². The summed E-state index contributed by atoms with van der Waals surface area (Å²) in [5.74, 6) is 0.0826. The minimum absolute atomic E-state index is 0.0563. The van der Waals surface area contributed by atoms with Gasteiger partial charge in [0, 0.05) is 61.3 Å². The summed E-state index contributed by atoms with van der Waals surface area (Å²) < 4.78 is 16.8. The molecule has 2 unspecified atom stereocenters. The van der Waals surface area contributed by atoms with Crippen LogP contribution in [-0.4, -0.2) is 55.9 Å². The Balaban J connectivity index is 1.40. The number of halogens is 2. The second-order valence-electron chi connectivity index (χ2n) is 13.1. The minimum Gasteiger partial charge on any atom is -0.388 e. The highest BCUT2D eigenvalue weighted by atomic mass is 35.5. The lowest BCUT2D eigenvalue weighted by Gasteiger charge is -2.32. The van der Waals surface area contributed by atoms with Gasteiger partial charge in [-0.3, -0.25) is 19.4 Å². The van der Waals surface area contributed by atoms with E-state index in [-0.39, 0.29) is 17.1 Å². The van der Waals surface area contributed by atoms with Gasteiger partial charge >= 0.3 is 5.69 Å². The Morgan fingerprint density at radius 3 is 2.58 bits per heavy atom. The highest BCUT2D eigenvalue weighted by Gasteiger charge is 2.21. The summed E-state index contributed by atoms with van der Waals surface area (Å²) >= 11 is 6.30. The molecule has 2 aromatic carbocycles. The molecule has 5 rings (SSSR count). The molecule has 0 saturated carbocycles. The molecular weight excluding hydrogens is 651 g/mol. The van der Waals surface area contributed by atoms with Crippen molar-refractivity contribution in [1.82, 2.24) is 24.4 Å². The molecule has 0 amide bonds. The number of benzene rings is 2. The van der Waals surface area contributed by atoms with Gasteiger partial charge in [0.1, 0.15) is 5.65 Å². The molecule has 3 heterocycles. The molecule has 3 aromatic heterocycles. The third-order valence-corrected chi connectivity index (χ3v) is 9.22. The van der Waals surface area contributed by atoms with Crippen LogP contribution in [-0.2, 0) is 12.8 Å². The van der Waals surface area contributed by atoms with Crippen LogP contribution in [0.5, 0.6) is 0 Å². The van der Waals surface area contributed by atoms with Crippen LogP contribution in [0.4, 0.5) is 4.39 Å². The van der Waals surface area contributed by atoms with E-state index in [1.165, 1.54) is 15.7 Å². The maximum Gasteiger partial charge on any atom is 0.354 e. The fourth-order valence-electron chi connectivity index (χ4n) is 6.40. The van der Waals surface area contributed by atoms with Crippen molar-refractivity contribution in [1.29, 1.82) is 0 Å². The summed E-state index contributed by atoms with van der Waals surface area (Å²) in [6.45, 7) is 8.42. The van der Waals surface area contributed by atoms with Crippen LogP contribution >= 0.6 is 11.6 Å². The SMILES string of the molecule is CCCC(c1ccc(-n2cc3cc(-c4cc(CCCC(C)N)cc(Cl)c4F)[nH]c3nc2=O)cc1)N(CCCN=C(C)N)CCc1cccnc1. The summed E-state index contributed by atoms with van der Waals surface area (Å²) in [7, 11) is 0. The Morgan fingerprint density at radius 2 is 1.88 bits per heavy atom. The molecule has 2 atom stereocenters. The first kappa shape index (κ1) is 36.9. The maximum absolute atomic E-state index is 15.3. The molecular formula is C39H48ClFN8O. The molecule has 50 heavy (non-hydrogen) atoms. The normalized spacial score (nSPS) is 13.3. The summed E-state index contributed by atoms with van der Waals surface area (Å²) in [6.07, 6.45) is 11.7. The second-order valence-corrected chi connectivity index (χ2v) is 13.5. The van der Waals surface area contributed by atoms with Gasteiger partial charge in [0.2, 0.25) is 0 Å². The quantitative estimate of drug-likeness (QED) is 0.0527. The van der Waals surface area contributed by atoms with Crippen LogP contribution in [0.25, 0.3) is 28.0 Å². The third-order valence-electron chi connectivity index (χ3n) is 8.95. The summed E-state index contributed by atoms with van der Waals surface area (Å²) in [5.41, 5.74) is 16.5. The van der Waals surface area contributed by atoms with Crippen molar-refractivity contribution in [2.45, 2.75) is 77.8 Å². The Morgan fingerprint density at radius 1 is 1.08 bits per heavy atom. The monoisotopic (exact) mass is 698 g/mol. The molecule has 0 fully saturated rings.